The van der Waals surface area contributed by atoms with Gasteiger partial charge in [-0.05, 0) is 110 Å². The predicted octanol–water partition coefficient (Wildman–Crippen LogP) is 8.41. The van der Waals surface area contributed by atoms with E-state index in [4.69, 9.17) is 29.8 Å². The molecule has 0 fully saturated rings. The number of nitrogen functional groups attached to an aromatic ring is 1. The Labute approximate surface area is 423 Å². The van der Waals surface area contributed by atoms with E-state index in [1.807, 2.05) is 31.8 Å². The fourth-order valence-corrected chi connectivity index (χ4v) is 14.3. The zero-order valence-corrected chi connectivity index (χ0v) is 45.0. The maximum atomic E-state index is 16.1. The number of rotatable bonds is 21. The van der Waals surface area contributed by atoms with Crippen molar-refractivity contribution in [2.45, 2.75) is 101 Å². The lowest BCUT2D eigenvalue weighted by Crippen LogP contribution is -2.39. The number of para-hydroxylation sites is 1. The Morgan fingerprint density at radius 1 is 0.764 bits per heavy atom. The molecule has 21 heteroatoms. The molecule has 0 aliphatic carbocycles. The molecule has 4 N–H and O–H groups in total. The molecule has 2 amide bonds. The highest BCUT2D eigenvalue weighted by molar-refractivity contribution is 7.93. The normalized spacial score (nSPS) is 12.5. The molecular formula is C51H64N8O10S2Si. The van der Waals surface area contributed by atoms with Gasteiger partial charge in [-0.2, -0.15) is 9.10 Å². The lowest BCUT2D eigenvalue weighted by molar-refractivity contribution is -0.116. The molecule has 18 nitrogen and oxygen atoms in total. The predicted molar refractivity (Wildman–Crippen MR) is 280 cm³/mol. The lowest BCUT2D eigenvalue weighted by atomic mass is 9.97. The van der Waals surface area contributed by atoms with Crippen molar-refractivity contribution in [3.05, 3.63) is 120 Å². The van der Waals surface area contributed by atoms with Gasteiger partial charge in [0.1, 0.15) is 27.7 Å². The highest BCUT2D eigenvalue weighted by atomic mass is 32.2. The van der Waals surface area contributed by atoms with Gasteiger partial charge in [0, 0.05) is 39.2 Å². The number of hydrogen-bond donors (Lipinski definition) is 3. The molecule has 0 saturated heterocycles. The number of aromatic nitrogens is 4. The van der Waals surface area contributed by atoms with Gasteiger partial charge in [-0.1, -0.05) is 74.2 Å². The SMILES string of the molecule is COc1ccc(CN(Cc2ccc(OC)cc2)S(=O)(=O)c2c(S(=O)(=O)CC[Si](C)(C)C)ccc(-c3cccc(NC(=O)C[C@H](C)NC(=O)OC(C)(C)C)c3N)c2-c2nnn(Cc3ccc(OC)cc3)n2)cc1. The van der Waals surface area contributed by atoms with Gasteiger partial charge in [-0.3, -0.25) is 4.79 Å². The fourth-order valence-electron chi connectivity index (χ4n) is 7.54. The Bertz CT molecular complexity index is 3030. The molecule has 6 aromatic rings. The Kier molecular flexibility index (Phi) is 17.2. The average molecular weight is 1040 g/mol. The summed E-state index contributed by atoms with van der Waals surface area (Å²) in [5.41, 5.74) is 8.52. The number of ether oxygens (including phenoxy) is 4. The van der Waals surface area contributed by atoms with Crippen LogP contribution < -0.4 is 30.6 Å². The summed E-state index contributed by atoms with van der Waals surface area (Å²) in [5, 5.41) is 19.0. The molecular weight excluding hydrogens is 977 g/mol. The van der Waals surface area contributed by atoms with Crippen molar-refractivity contribution >= 4 is 51.3 Å². The number of carbonyl (C=O) groups is 2. The number of nitrogens with zero attached hydrogens (tertiary/aromatic N) is 5. The van der Waals surface area contributed by atoms with Crippen LogP contribution in [-0.2, 0) is 49.0 Å². The first kappa shape index (κ1) is 54.5. The zero-order chi connectivity index (χ0) is 52.6. The smallest absolute Gasteiger partial charge is 0.407 e. The first-order valence-electron chi connectivity index (χ1n) is 23.1. The van der Waals surface area contributed by atoms with Gasteiger partial charge in [-0.25, -0.2) is 21.6 Å². The largest absolute Gasteiger partial charge is 0.497 e. The van der Waals surface area contributed by atoms with Crippen LogP contribution >= 0.6 is 0 Å². The molecule has 6 rings (SSSR count). The van der Waals surface area contributed by atoms with E-state index < -0.39 is 61.4 Å². The van der Waals surface area contributed by atoms with Crippen molar-refractivity contribution in [2.75, 3.05) is 38.1 Å². The number of methoxy groups -OCH3 is 3. The van der Waals surface area contributed by atoms with Crippen LogP contribution in [-0.4, -0.2) is 100 Å². The summed E-state index contributed by atoms with van der Waals surface area (Å²) in [6.45, 7) is 12.7. The second-order valence-corrected chi connectivity index (χ2v) is 29.0. The van der Waals surface area contributed by atoms with Crippen molar-refractivity contribution in [3.63, 3.8) is 0 Å². The number of nitrogens with two attached hydrogens (primary N) is 1. The van der Waals surface area contributed by atoms with Gasteiger partial charge >= 0.3 is 6.09 Å². The summed E-state index contributed by atoms with van der Waals surface area (Å²) in [7, 11) is -6.71. The number of carbonyl (C=O) groups excluding carboxylic acids is 2. The van der Waals surface area contributed by atoms with Crippen LogP contribution in [0, 0.1) is 0 Å². The number of alkyl carbamates (subject to hydrolysis) is 1. The van der Waals surface area contributed by atoms with Gasteiger partial charge < -0.3 is 35.3 Å². The van der Waals surface area contributed by atoms with Gasteiger partial charge in [-0.15, -0.1) is 10.2 Å². The maximum Gasteiger partial charge on any atom is 0.407 e. The van der Waals surface area contributed by atoms with Gasteiger partial charge in [0.25, 0.3) is 0 Å². The van der Waals surface area contributed by atoms with Crippen LogP contribution in [0.15, 0.2) is 113 Å². The van der Waals surface area contributed by atoms with Crippen LogP contribution in [0.5, 0.6) is 17.2 Å². The number of benzene rings is 5. The first-order chi connectivity index (χ1) is 33.9. The molecule has 1 atom stereocenters. The van der Waals surface area contributed by atoms with Crippen molar-refractivity contribution in [1.82, 2.24) is 29.8 Å². The molecule has 1 aromatic heterocycles. The Morgan fingerprint density at radius 3 is 1.82 bits per heavy atom. The van der Waals surface area contributed by atoms with E-state index in [1.165, 1.54) is 35.5 Å². The van der Waals surface area contributed by atoms with Crippen LogP contribution in [0.25, 0.3) is 22.5 Å². The lowest BCUT2D eigenvalue weighted by Gasteiger charge is -2.27. The minimum absolute atomic E-state index is 0.0245. The van der Waals surface area contributed by atoms with Gasteiger partial charge in [0.05, 0.1) is 55.5 Å². The topological polar surface area (TPSA) is 236 Å². The summed E-state index contributed by atoms with van der Waals surface area (Å²) < 4.78 is 84.9. The van der Waals surface area contributed by atoms with E-state index in [9.17, 15) is 18.0 Å². The van der Waals surface area contributed by atoms with E-state index >= 15 is 8.42 Å². The molecule has 0 aliphatic rings. The number of tetrazole rings is 1. The fraction of sp³-hybridized carbons (Fsp3) is 0.353. The molecule has 0 radical (unpaired) electrons. The molecule has 384 valence electrons. The van der Waals surface area contributed by atoms with E-state index in [1.54, 1.807) is 114 Å². The standard InChI is InChI=1S/C51H64N8O10S2Si/c1-34(53-50(61)69-51(2,3)4)30-45(60)54-43-13-11-12-42(47(43)52)41-26-27-44(70(62,63)28-29-72(8,9)10)48(46(41)49-55-57-59(56-49)33-37-18-24-40(68-7)25-19-37)71(64,65)58(31-35-14-20-38(66-5)21-15-35)32-36-16-22-39(67-6)23-17-36/h11-27,34H,28-33,52H2,1-10H3,(H,53,61)(H,54,60)/t34-/m0/s1. The van der Waals surface area contributed by atoms with Crippen LogP contribution in [0.4, 0.5) is 16.2 Å². The van der Waals surface area contributed by atoms with E-state index in [2.05, 4.69) is 20.9 Å². The molecule has 0 aliphatic heterocycles. The van der Waals surface area contributed by atoms with Crippen LogP contribution in [0.2, 0.25) is 25.7 Å². The monoisotopic (exact) mass is 1040 g/mol. The van der Waals surface area contributed by atoms with Crippen molar-refractivity contribution in [2.24, 2.45) is 0 Å². The Hall–Kier alpha value is -6.81. The number of hydrogen-bond acceptors (Lipinski definition) is 14. The summed E-state index contributed by atoms with van der Waals surface area (Å²) in [4.78, 5) is 26.3. The Balaban J connectivity index is 1.59. The number of sulfone groups is 1. The summed E-state index contributed by atoms with van der Waals surface area (Å²) >= 11 is 0. The van der Waals surface area contributed by atoms with Gasteiger partial charge in [0.2, 0.25) is 21.8 Å². The third-order valence-electron chi connectivity index (χ3n) is 11.3. The van der Waals surface area contributed by atoms with E-state index in [0.717, 1.165) is 5.56 Å². The quantitative estimate of drug-likeness (QED) is 0.0454. The second kappa shape index (κ2) is 22.7. The van der Waals surface area contributed by atoms with Crippen LogP contribution in [0.3, 0.4) is 0 Å². The maximum absolute atomic E-state index is 16.1. The number of anilines is 2. The van der Waals surface area contributed by atoms with E-state index in [-0.39, 0.29) is 65.7 Å². The molecule has 0 unspecified atom stereocenters. The summed E-state index contributed by atoms with van der Waals surface area (Å²) in [6.07, 6.45) is -0.838. The van der Waals surface area contributed by atoms with Crippen molar-refractivity contribution in [1.29, 1.82) is 0 Å². The van der Waals surface area contributed by atoms with Crippen molar-refractivity contribution < 1.29 is 45.4 Å². The second-order valence-electron chi connectivity index (χ2n) is 19.5. The molecule has 1 heterocycles. The highest BCUT2D eigenvalue weighted by Crippen LogP contribution is 2.44. The molecule has 72 heavy (non-hydrogen) atoms. The summed E-state index contributed by atoms with van der Waals surface area (Å²) in [5.74, 6) is 0.717. The number of amides is 2. The highest BCUT2D eigenvalue weighted by Gasteiger charge is 2.38. The first-order valence-corrected chi connectivity index (χ1v) is 29.9. The molecule has 0 saturated carbocycles. The molecule has 5 aromatic carbocycles. The van der Waals surface area contributed by atoms with Crippen molar-refractivity contribution in [3.8, 4) is 39.8 Å². The molecule has 0 spiro atoms. The minimum atomic E-state index is -4.92. The third kappa shape index (κ3) is 14.2. The minimum Gasteiger partial charge on any atom is -0.497 e. The number of nitrogens with one attached hydrogen (secondary N) is 2. The Morgan fingerprint density at radius 2 is 1.31 bits per heavy atom. The molecule has 0 bridgehead atoms. The van der Waals surface area contributed by atoms with Crippen LogP contribution in [0.1, 0.15) is 50.8 Å². The van der Waals surface area contributed by atoms with E-state index in [0.29, 0.717) is 34.4 Å². The summed E-state index contributed by atoms with van der Waals surface area (Å²) in [6, 6.07) is 28.3. The van der Waals surface area contributed by atoms with Gasteiger partial charge in [0.15, 0.2) is 9.84 Å². The zero-order valence-electron chi connectivity index (χ0n) is 42.3. The third-order valence-corrected chi connectivity index (χ3v) is 17.2. The number of sulfonamides is 1. The average Bonchev–Trinajstić information content (AvgIpc) is 3.78.